The molecule has 0 saturated heterocycles. The maximum absolute atomic E-state index is 5.67. The fourth-order valence-corrected chi connectivity index (χ4v) is 2.29. The Morgan fingerprint density at radius 1 is 1.37 bits per heavy atom. The molecule has 19 heavy (non-hydrogen) atoms. The molecule has 0 saturated carbocycles. The molecule has 0 amide bonds. The average Bonchev–Trinajstić information content (AvgIpc) is 2.82. The molecule has 2 aromatic rings. The number of rotatable bonds is 6. The van der Waals surface area contributed by atoms with Gasteiger partial charge >= 0.3 is 0 Å². The summed E-state index contributed by atoms with van der Waals surface area (Å²) in [6, 6.07) is 8.76. The minimum Gasteiger partial charge on any atom is -0.276 e. The van der Waals surface area contributed by atoms with Crippen LogP contribution in [0.1, 0.15) is 23.1 Å². The highest BCUT2D eigenvalue weighted by Gasteiger charge is 2.10. The van der Waals surface area contributed by atoms with Gasteiger partial charge in [-0.2, -0.15) is 5.10 Å². The Balaban J connectivity index is 1.92. The van der Waals surface area contributed by atoms with Crippen molar-refractivity contribution >= 4 is 0 Å². The first-order valence-electron chi connectivity index (χ1n) is 6.67. The van der Waals surface area contributed by atoms with Gasteiger partial charge in [0.2, 0.25) is 0 Å². The lowest BCUT2D eigenvalue weighted by Crippen LogP contribution is -2.37. The molecule has 1 heterocycles. The van der Waals surface area contributed by atoms with E-state index >= 15 is 0 Å². The predicted molar refractivity (Wildman–Crippen MR) is 77.5 cm³/mol. The highest BCUT2D eigenvalue weighted by molar-refractivity contribution is 5.26. The molecular weight excluding hydrogens is 236 g/mol. The van der Waals surface area contributed by atoms with Crippen molar-refractivity contribution in [3.05, 3.63) is 53.3 Å². The van der Waals surface area contributed by atoms with Crippen molar-refractivity contribution in [2.24, 2.45) is 12.9 Å². The van der Waals surface area contributed by atoms with E-state index in [9.17, 15) is 0 Å². The van der Waals surface area contributed by atoms with Crippen molar-refractivity contribution in [3.63, 3.8) is 0 Å². The second-order valence-corrected chi connectivity index (χ2v) is 5.06. The van der Waals surface area contributed by atoms with Gasteiger partial charge in [0.25, 0.3) is 0 Å². The van der Waals surface area contributed by atoms with Gasteiger partial charge in [0.1, 0.15) is 0 Å². The molecule has 0 aliphatic rings. The third-order valence-corrected chi connectivity index (χ3v) is 3.50. The number of hydrogen-bond donors (Lipinski definition) is 2. The fourth-order valence-electron chi connectivity index (χ4n) is 2.29. The number of nitrogens with two attached hydrogens (primary N) is 1. The van der Waals surface area contributed by atoms with E-state index in [-0.39, 0.29) is 0 Å². The highest BCUT2D eigenvalue weighted by atomic mass is 15.2. The van der Waals surface area contributed by atoms with E-state index in [1.54, 1.807) is 0 Å². The van der Waals surface area contributed by atoms with Gasteiger partial charge in [-0.3, -0.25) is 16.0 Å². The van der Waals surface area contributed by atoms with Gasteiger partial charge in [-0.05, 0) is 42.9 Å². The molecule has 4 heteroatoms. The first kappa shape index (κ1) is 13.8. The lowest BCUT2D eigenvalue weighted by molar-refractivity contribution is 0.490. The summed E-state index contributed by atoms with van der Waals surface area (Å²) in [7, 11) is 1.94. The van der Waals surface area contributed by atoms with Crippen molar-refractivity contribution in [1.29, 1.82) is 0 Å². The highest BCUT2D eigenvalue weighted by Crippen LogP contribution is 2.12. The van der Waals surface area contributed by atoms with Crippen LogP contribution in [-0.2, 0) is 19.9 Å². The summed E-state index contributed by atoms with van der Waals surface area (Å²) < 4.78 is 1.83. The van der Waals surface area contributed by atoms with Gasteiger partial charge in [-0.15, -0.1) is 0 Å². The topological polar surface area (TPSA) is 55.9 Å². The predicted octanol–water partition coefficient (Wildman–Crippen LogP) is 1.74. The van der Waals surface area contributed by atoms with Crippen LogP contribution >= 0.6 is 0 Å². The van der Waals surface area contributed by atoms with Crippen LogP contribution in [0.5, 0.6) is 0 Å². The molecule has 0 fully saturated rings. The van der Waals surface area contributed by atoms with E-state index in [0.29, 0.717) is 6.04 Å². The second kappa shape index (κ2) is 6.50. The van der Waals surface area contributed by atoms with Crippen LogP contribution in [0.25, 0.3) is 0 Å². The molecule has 0 aliphatic heterocycles. The lowest BCUT2D eigenvalue weighted by atomic mass is 9.98. The molecule has 3 N–H and O–H groups in total. The molecule has 0 spiro atoms. The van der Waals surface area contributed by atoms with Crippen molar-refractivity contribution in [2.75, 3.05) is 0 Å². The minimum absolute atomic E-state index is 0.293. The SMILES string of the molecule is Cc1ccccc1CC(CCc1cnn(C)c1)NN. The number of aryl methyl sites for hydroxylation is 3. The summed E-state index contributed by atoms with van der Waals surface area (Å²) in [5, 5.41) is 4.18. The normalized spacial score (nSPS) is 12.6. The zero-order valence-electron chi connectivity index (χ0n) is 11.6. The van der Waals surface area contributed by atoms with Crippen LogP contribution in [0.4, 0.5) is 0 Å². The van der Waals surface area contributed by atoms with Crippen molar-refractivity contribution in [1.82, 2.24) is 15.2 Å². The van der Waals surface area contributed by atoms with Crippen molar-refractivity contribution in [3.8, 4) is 0 Å². The van der Waals surface area contributed by atoms with Crippen LogP contribution in [-0.4, -0.2) is 15.8 Å². The van der Waals surface area contributed by atoms with Gasteiger partial charge in [0.15, 0.2) is 0 Å². The number of aromatic nitrogens is 2. The van der Waals surface area contributed by atoms with Gasteiger partial charge in [0.05, 0.1) is 6.20 Å². The summed E-state index contributed by atoms with van der Waals surface area (Å²) in [6.45, 7) is 2.14. The summed E-state index contributed by atoms with van der Waals surface area (Å²) in [4.78, 5) is 0. The van der Waals surface area contributed by atoms with Gasteiger partial charge in [0, 0.05) is 19.3 Å². The standard InChI is InChI=1S/C15H22N4/c1-12-5-3-4-6-14(12)9-15(18-16)8-7-13-10-17-19(2)11-13/h3-6,10-11,15,18H,7-9,16H2,1-2H3. The summed E-state index contributed by atoms with van der Waals surface area (Å²) in [6.07, 6.45) is 6.94. The largest absolute Gasteiger partial charge is 0.276 e. The van der Waals surface area contributed by atoms with Crippen molar-refractivity contribution < 1.29 is 0 Å². The molecule has 0 bridgehead atoms. The summed E-state index contributed by atoms with van der Waals surface area (Å²) in [5.41, 5.74) is 6.87. The van der Waals surface area contributed by atoms with E-state index < -0.39 is 0 Å². The Labute approximate surface area is 114 Å². The van der Waals surface area contributed by atoms with E-state index in [4.69, 9.17) is 5.84 Å². The Hall–Kier alpha value is -1.65. The fraction of sp³-hybridized carbons (Fsp3) is 0.400. The maximum Gasteiger partial charge on any atom is 0.0521 e. The third kappa shape index (κ3) is 3.91. The molecule has 4 nitrogen and oxygen atoms in total. The Bertz CT molecular complexity index is 518. The first-order chi connectivity index (χ1) is 9.19. The zero-order valence-corrected chi connectivity index (χ0v) is 11.6. The number of nitrogens with one attached hydrogen (secondary N) is 1. The summed E-state index contributed by atoms with van der Waals surface area (Å²) >= 11 is 0. The molecule has 2 rings (SSSR count). The average molecular weight is 258 g/mol. The Kier molecular flexibility index (Phi) is 4.71. The molecule has 1 aromatic heterocycles. The Morgan fingerprint density at radius 2 is 2.16 bits per heavy atom. The quantitative estimate of drug-likeness (QED) is 0.613. The number of hydrogen-bond acceptors (Lipinski definition) is 3. The van der Waals surface area contributed by atoms with E-state index in [2.05, 4.69) is 47.9 Å². The summed E-state index contributed by atoms with van der Waals surface area (Å²) in [5.74, 6) is 5.67. The lowest BCUT2D eigenvalue weighted by Gasteiger charge is -2.16. The number of hydrazine groups is 1. The van der Waals surface area contributed by atoms with Crippen LogP contribution in [0.15, 0.2) is 36.7 Å². The van der Waals surface area contributed by atoms with E-state index in [1.807, 2.05) is 17.9 Å². The van der Waals surface area contributed by atoms with Crippen LogP contribution < -0.4 is 11.3 Å². The molecule has 1 atom stereocenters. The molecule has 0 radical (unpaired) electrons. The molecule has 102 valence electrons. The van der Waals surface area contributed by atoms with Crippen LogP contribution in [0, 0.1) is 6.92 Å². The Morgan fingerprint density at radius 3 is 2.79 bits per heavy atom. The van der Waals surface area contributed by atoms with E-state index in [1.165, 1.54) is 16.7 Å². The number of nitrogens with zero attached hydrogens (tertiary/aromatic N) is 2. The molecule has 0 aliphatic carbocycles. The molecular formula is C15H22N4. The van der Waals surface area contributed by atoms with E-state index in [0.717, 1.165) is 19.3 Å². The number of benzene rings is 1. The maximum atomic E-state index is 5.67. The smallest absolute Gasteiger partial charge is 0.0521 e. The zero-order chi connectivity index (χ0) is 13.7. The minimum atomic E-state index is 0.293. The second-order valence-electron chi connectivity index (χ2n) is 5.06. The molecule has 1 unspecified atom stereocenters. The molecule has 1 aromatic carbocycles. The monoisotopic (exact) mass is 258 g/mol. The van der Waals surface area contributed by atoms with Gasteiger partial charge in [-0.25, -0.2) is 0 Å². The van der Waals surface area contributed by atoms with Crippen molar-refractivity contribution in [2.45, 2.75) is 32.2 Å². The van der Waals surface area contributed by atoms with Crippen LogP contribution in [0.3, 0.4) is 0 Å². The first-order valence-corrected chi connectivity index (χ1v) is 6.67. The van der Waals surface area contributed by atoms with Gasteiger partial charge in [-0.1, -0.05) is 24.3 Å². The van der Waals surface area contributed by atoms with Gasteiger partial charge < -0.3 is 0 Å². The van der Waals surface area contributed by atoms with Crippen LogP contribution in [0.2, 0.25) is 0 Å². The third-order valence-electron chi connectivity index (χ3n) is 3.50.